The van der Waals surface area contributed by atoms with E-state index < -0.39 is 0 Å². The van der Waals surface area contributed by atoms with Crippen molar-refractivity contribution in [2.75, 3.05) is 31.1 Å². The molecular weight excluding hydrogens is 373 g/mol. The third kappa shape index (κ3) is 2.87. The number of carbonyl (C=O) groups is 2. The zero-order chi connectivity index (χ0) is 20.1. The van der Waals surface area contributed by atoms with Crippen molar-refractivity contribution in [1.82, 2.24) is 20.4 Å². The van der Waals surface area contributed by atoms with Crippen molar-refractivity contribution in [1.29, 1.82) is 0 Å². The van der Waals surface area contributed by atoms with Crippen LogP contribution < -0.4 is 10.2 Å². The molecule has 29 heavy (non-hydrogen) atoms. The molecule has 7 nitrogen and oxygen atoms in total. The Morgan fingerprint density at radius 1 is 1.07 bits per heavy atom. The number of benzene rings is 2. The molecule has 148 valence electrons. The topological polar surface area (TPSA) is 81.3 Å². The number of hydrogen-bond donors (Lipinski definition) is 2. The summed E-state index contributed by atoms with van der Waals surface area (Å²) in [6, 6.07) is 10.1. The summed E-state index contributed by atoms with van der Waals surface area (Å²) in [5.74, 6) is -0.103. The number of rotatable bonds is 3. The van der Waals surface area contributed by atoms with E-state index >= 15 is 0 Å². The minimum Gasteiger partial charge on any atom is -0.352 e. The fourth-order valence-corrected chi connectivity index (χ4v) is 4.33. The number of imide groups is 1. The summed E-state index contributed by atoms with van der Waals surface area (Å²) in [4.78, 5) is 28.7. The van der Waals surface area contributed by atoms with E-state index in [1.165, 1.54) is 12.1 Å². The molecule has 0 saturated carbocycles. The second-order valence-electron chi connectivity index (χ2n) is 7.49. The van der Waals surface area contributed by atoms with Crippen LogP contribution in [0.25, 0.3) is 10.9 Å². The van der Waals surface area contributed by atoms with Crippen molar-refractivity contribution in [2.45, 2.75) is 13.0 Å². The van der Waals surface area contributed by atoms with Gasteiger partial charge in [-0.1, -0.05) is 12.1 Å². The highest BCUT2D eigenvalue weighted by molar-refractivity contribution is 6.22. The molecule has 1 unspecified atom stereocenters. The number of nitrogens with zero attached hydrogens (tertiary/aromatic N) is 3. The molecule has 2 aliphatic rings. The summed E-state index contributed by atoms with van der Waals surface area (Å²) in [7, 11) is 0. The Kier molecular flexibility index (Phi) is 4.09. The molecule has 2 aromatic carbocycles. The van der Waals surface area contributed by atoms with E-state index in [2.05, 4.69) is 32.2 Å². The van der Waals surface area contributed by atoms with E-state index in [4.69, 9.17) is 0 Å². The van der Waals surface area contributed by atoms with E-state index in [0.717, 1.165) is 42.9 Å². The van der Waals surface area contributed by atoms with Crippen LogP contribution in [0.3, 0.4) is 0 Å². The lowest BCUT2D eigenvalue weighted by Gasteiger charge is -2.38. The summed E-state index contributed by atoms with van der Waals surface area (Å²) < 4.78 is 13.4. The first-order valence-electron chi connectivity index (χ1n) is 9.64. The van der Waals surface area contributed by atoms with Gasteiger partial charge in [0.15, 0.2) is 5.82 Å². The first-order chi connectivity index (χ1) is 14.0. The number of halogens is 1. The van der Waals surface area contributed by atoms with Crippen LogP contribution in [-0.2, 0) is 0 Å². The van der Waals surface area contributed by atoms with E-state index in [-0.39, 0.29) is 23.7 Å². The predicted octanol–water partition coefficient (Wildman–Crippen LogP) is 2.47. The van der Waals surface area contributed by atoms with Gasteiger partial charge in [-0.3, -0.25) is 24.9 Å². The van der Waals surface area contributed by atoms with Crippen LogP contribution in [0.1, 0.15) is 39.2 Å². The Morgan fingerprint density at radius 3 is 2.66 bits per heavy atom. The lowest BCUT2D eigenvalue weighted by molar-refractivity contribution is 0.0878. The minimum absolute atomic E-state index is 0.00812. The van der Waals surface area contributed by atoms with Crippen molar-refractivity contribution < 1.29 is 14.0 Å². The zero-order valence-electron chi connectivity index (χ0n) is 15.9. The number of carbonyl (C=O) groups excluding carboxylic acids is 2. The number of amides is 2. The van der Waals surface area contributed by atoms with Crippen LogP contribution in [0, 0.1) is 5.82 Å². The van der Waals surface area contributed by atoms with E-state index in [9.17, 15) is 14.0 Å². The minimum atomic E-state index is -0.328. The maximum Gasteiger partial charge on any atom is 0.259 e. The quantitative estimate of drug-likeness (QED) is 0.668. The molecule has 5 rings (SSSR count). The van der Waals surface area contributed by atoms with Crippen LogP contribution in [0.2, 0.25) is 0 Å². The lowest BCUT2D eigenvalue weighted by atomic mass is 9.96. The highest BCUT2D eigenvalue weighted by Gasteiger charge is 2.33. The normalized spacial score (nSPS) is 18.2. The van der Waals surface area contributed by atoms with Gasteiger partial charge in [-0.25, -0.2) is 4.39 Å². The molecule has 0 aliphatic carbocycles. The van der Waals surface area contributed by atoms with Crippen molar-refractivity contribution >= 4 is 28.5 Å². The van der Waals surface area contributed by atoms with Gasteiger partial charge in [0.05, 0.1) is 16.6 Å². The highest BCUT2D eigenvalue weighted by Crippen LogP contribution is 2.31. The van der Waals surface area contributed by atoms with Gasteiger partial charge >= 0.3 is 0 Å². The Hall–Kier alpha value is -3.26. The number of nitrogens with one attached hydrogen (secondary N) is 2. The first-order valence-corrected chi connectivity index (χ1v) is 9.64. The second kappa shape index (κ2) is 6.66. The van der Waals surface area contributed by atoms with Gasteiger partial charge in [0.2, 0.25) is 0 Å². The fraction of sp³-hybridized carbons (Fsp3) is 0.286. The van der Waals surface area contributed by atoms with Gasteiger partial charge in [0, 0.05) is 37.6 Å². The maximum atomic E-state index is 13.4. The van der Waals surface area contributed by atoms with E-state index in [0.29, 0.717) is 16.6 Å². The van der Waals surface area contributed by atoms with Gasteiger partial charge in [-0.05, 0) is 36.8 Å². The van der Waals surface area contributed by atoms with Crippen LogP contribution in [0.4, 0.5) is 10.2 Å². The smallest absolute Gasteiger partial charge is 0.259 e. The molecule has 8 heteroatoms. The molecule has 3 heterocycles. The number of hydrogen-bond acceptors (Lipinski definition) is 5. The average Bonchev–Trinajstić information content (AvgIpc) is 3.28. The largest absolute Gasteiger partial charge is 0.352 e. The highest BCUT2D eigenvalue weighted by atomic mass is 19.1. The summed E-state index contributed by atoms with van der Waals surface area (Å²) in [6.07, 6.45) is 0. The summed E-state index contributed by atoms with van der Waals surface area (Å²) in [5.41, 5.74) is 2.51. The third-order valence-electron chi connectivity index (χ3n) is 5.91. The summed E-state index contributed by atoms with van der Waals surface area (Å²) in [6.45, 7) is 5.17. The number of aromatic nitrogens is 2. The van der Waals surface area contributed by atoms with Gasteiger partial charge in [0.25, 0.3) is 11.8 Å². The third-order valence-corrected chi connectivity index (χ3v) is 5.91. The molecule has 1 fully saturated rings. The fourth-order valence-electron chi connectivity index (χ4n) is 4.33. The lowest BCUT2D eigenvalue weighted by Crippen LogP contribution is -2.47. The zero-order valence-corrected chi connectivity index (χ0v) is 15.9. The van der Waals surface area contributed by atoms with Gasteiger partial charge in [0.1, 0.15) is 5.82 Å². The van der Waals surface area contributed by atoms with Gasteiger partial charge in [-0.15, -0.1) is 0 Å². The van der Waals surface area contributed by atoms with Crippen LogP contribution in [0.5, 0.6) is 0 Å². The number of anilines is 1. The van der Waals surface area contributed by atoms with Crippen molar-refractivity contribution in [2.24, 2.45) is 0 Å². The molecule has 0 spiro atoms. The first kappa shape index (κ1) is 17.8. The maximum absolute atomic E-state index is 13.4. The number of H-pyrrole nitrogens is 1. The van der Waals surface area contributed by atoms with Crippen LogP contribution in [0.15, 0.2) is 36.4 Å². The summed E-state index contributed by atoms with van der Waals surface area (Å²) in [5, 5.41) is 10.6. The number of piperazine rings is 1. The Morgan fingerprint density at radius 2 is 1.86 bits per heavy atom. The molecule has 2 aliphatic heterocycles. The second-order valence-corrected chi connectivity index (χ2v) is 7.49. The molecule has 3 aromatic rings. The van der Waals surface area contributed by atoms with Crippen molar-refractivity contribution in [3.63, 3.8) is 0 Å². The van der Waals surface area contributed by atoms with Crippen molar-refractivity contribution in [3.8, 4) is 0 Å². The number of aromatic amines is 1. The summed E-state index contributed by atoms with van der Waals surface area (Å²) >= 11 is 0. The Labute approximate surface area is 166 Å². The van der Waals surface area contributed by atoms with E-state index in [1.54, 1.807) is 12.1 Å². The van der Waals surface area contributed by atoms with Gasteiger partial charge in [-0.2, -0.15) is 5.10 Å². The molecule has 1 atom stereocenters. The van der Waals surface area contributed by atoms with Gasteiger partial charge < -0.3 is 4.90 Å². The molecule has 0 bridgehead atoms. The average molecular weight is 393 g/mol. The standard InChI is InChI=1S/C21H20FN5O2/c1-12(14-3-2-4-16-18(14)21(29)23-20(16)28)26-7-9-27(10-8-26)19-15-6-5-13(22)11-17(15)24-25-19/h2-6,11-12H,7-10H2,1H3,(H,24,25)(H,23,28,29). The molecule has 1 aromatic heterocycles. The predicted molar refractivity (Wildman–Crippen MR) is 106 cm³/mol. The van der Waals surface area contributed by atoms with E-state index in [1.807, 2.05) is 12.1 Å². The van der Waals surface area contributed by atoms with Crippen LogP contribution in [-0.4, -0.2) is 53.1 Å². The molecule has 1 saturated heterocycles. The Bertz CT molecular complexity index is 1130. The molecule has 2 amide bonds. The SMILES string of the molecule is CC(c1cccc2c1C(=O)NC2=O)N1CCN(c2n[nH]c3cc(F)ccc23)CC1. The molecule has 2 N–H and O–H groups in total. The molecule has 0 radical (unpaired) electrons. The van der Waals surface area contributed by atoms with Crippen LogP contribution >= 0.6 is 0 Å². The molecular formula is C21H20FN5O2. The number of fused-ring (bicyclic) bond motifs is 2. The monoisotopic (exact) mass is 393 g/mol. The van der Waals surface area contributed by atoms with Crippen molar-refractivity contribution in [3.05, 3.63) is 58.9 Å². The Balaban J connectivity index is 1.35.